The van der Waals surface area contributed by atoms with E-state index in [1.807, 2.05) is 13.8 Å². The van der Waals surface area contributed by atoms with E-state index >= 15 is 0 Å². The summed E-state index contributed by atoms with van der Waals surface area (Å²) in [5.41, 5.74) is 1.88. The molecule has 0 radical (unpaired) electrons. The number of carbonyl (C=O) groups is 1. The predicted molar refractivity (Wildman–Crippen MR) is 82.5 cm³/mol. The zero-order valence-electron chi connectivity index (χ0n) is 13.9. The van der Waals surface area contributed by atoms with Gasteiger partial charge in [-0.15, -0.1) is 10.2 Å². The number of aromatic nitrogens is 3. The van der Waals surface area contributed by atoms with Gasteiger partial charge in [0.1, 0.15) is 11.3 Å². The summed E-state index contributed by atoms with van der Waals surface area (Å²) in [6.07, 6.45) is 2.03. The molecule has 0 amide bonds. The molecule has 7 nitrogen and oxygen atoms in total. The van der Waals surface area contributed by atoms with Crippen molar-refractivity contribution < 1.29 is 18.7 Å². The standard InChI is InChI=1S/C16H21N3O4/c1-5-6-12-15(16(20)21-4)13(9-10(2)17-12)22-8-7-14-19-18-11(3)23-14/h9H,5-8H2,1-4H3. The average molecular weight is 319 g/mol. The van der Waals surface area contributed by atoms with Gasteiger partial charge >= 0.3 is 5.97 Å². The van der Waals surface area contributed by atoms with E-state index in [-0.39, 0.29) is 0 Å². The Bertz CT molecular complexity index is 682. The Hall–Kier alpha value is -2.44. The van der Waals surface area contributed by atoms with Crippen LogP contribution in [0, 0.1) is 13.8 Å². The van der Waals surface area contributed by atoms with Crippen molar-refractivity contribution in [1.82, 2.24) is 15.2 Å². The second kappa shape index (κ2) is 7.71. The topological polar surface area (TPSA) is 87.3 Å². The number of pyridine rings is 1. The molecule has 2 heterocycles. The molecule has 2 aromatic heterocycles. The first-order chi connectivity index (χ1) is 11.0. The number of ether oxygens (including phenoxy) is 2. The minimum absolute atomic E-state index is 0.320. The third kappa shape index (κ3) is 4.28. The number of hydrogen-bond donors (Lipinski definition) is 0. The van der Waals surface area contributed by atoms with Crippen LogP contribution in [0.2, 0.25) is 0 Å². The number of esters is 1. The van der Waals surface area contributed by atoms with Crippen LogP contribution in [0.15, 0.2) is 10.5 Å². The van der Waals surface area contributed by atoms with Crippen LogP contribution in [-0.4, -0.2) is 34.9 Å². The van der Waals surface area contributed by atoms with Crippen molar-refractivity contribution in [2.75, 3.05) is 13.7 Å². The molecule has 124 valence electrons. The minimum Gasteiger partial charge on any atom is -0.492 e. The van der Waals surface area contributed by atoms with E-state index in [2.05, 4.69) is 15.2 Å². The van der Waals surface area contributed by atoms with Crippen molar-refractivity contribution in [3.05, 3.63) is 34.8 Å². The van der Waals surface area contributed by atoms with Crippen LogP contribution in [-0.2, 0) is 17.6 Å². The van der Waals surface area contributed by atoms with Gasteiger partial charge in [-0.3, -0.25) is 4.98 Å². The molecule has 0 atom stereocenters. The monoisotopic (exact) mass is 319 g/mol. The van der Waals surface area contributed by atoms with Crippen molar-refractivity contribution >= 4 is 5.97 Å². The molecule has 0 saturated heterocycles. The first-order valence-corrected chi connectivity index (χ1v) is 7.55. The Balaban J connectivity index is 2.19. The van der Waals surface area contributed by atoms with E-state index in [1.165, 1.54) is 7.11 Å². The van der Waals surface area contributed by atoms with Gasteiger partial charge in [0, 0.05) is 18.7 Å². The summed E-state index contributed by atoms with van der Waals surface area (Å²) in [6.45, 7) is 5.95. The van der Waals surface area contributed by atoms with Gasteiger partial charge in [-0.1, -0.05) is 13.3 Å². The van der Waals surface area contributed by atoms with E-state index in [9.17, 15) is 4.79 Å². The Morgan fingerprint density at radius 1 is 1.26 bits per heavy atom. The van der Waals surface area contributed by atoms with E-state index in [0.717, 1.165) is 12.1 Å². The lowest BCUT2D eigenvalue weighted by molar-refractivity contribution is 0.0594. The van der Waals surface area contributed by atoms with Gasteiger partial charge in [-0.05, 0) is 13.3 Å². The van der Waals surface area contributed by atoms with Crippen LogP contribution in [0.25, 0.3) is 0 Å². The van der Waals surface area contributed by atoms with Gasteiger partial charge in [0.05, 0.1) is 25.8 Å². The molecule has 23 heavy (non-hydrogen) atoms. The summed E-state index contributed by atoms with van der Waals surface area (Å²) in [7, 11) is 1.35. The summed E-state index contributed by atoms with van der Waals surface area (Å²) in [6, 6.07) is 1.74. The zero-order chi connectivity index (χ0) is 16.8. The highest BCUT2D eigenvalue weighted by atomic mass is 16.5. The van der Waals surface area contributed by atoms with E-state index in [4.69, 9.17) is 13.9 Å². The smallest absolute Gasteiger partial charge is 0.343 e. The molecule has 0 aliphatic heterocycles. The molecule has 0 spiro atoms. The van der Waals surface area contributed by atoms with E-state index in [1.54, 1.807) is 13.0 Å². The molecule has 7 heteroatoms. The van der Waals surface area contributed by atoms with E-state index < -0.39 is 5.97 Å². The number of rotatable bonds is 7. The Labute approximate surface area is 135 Å². The second-order valence-corrected chi connectivity index (χ2v) is 5.14. The molecule has 2 rings (SSSR count). The summed E-state index contributed by atoms with van der Waals surface area (Å²) in [4.78, 5) is 16.5. The number of nitrogens with zero attached hydrogens (tertiary/aromatic N) is 3. The lowest BCUT2D eigenvalue weighted by Crippen LogP contribution is -2.13. The van der Waals surface area contributed by atoms with Crippen LogP contribution in [0.4, 0.5) is 0 Å². The third-order valence-electron chi connectivity index (χ3n) is 3.20. The maximum Gasteiger partial charge on any atom is 0.343 e. The maximum atomic E-state index is 12.1. The highest BCUT2D eigenvalue weighted by molar-refractivity contribution is 5.93. The molecular formula is C16H21N3O4. The largest absolute Gasteiger partial charge is 0.492 e. The normalized spacial score (nSPS) is 10.6. The minimum atomic E-state index is -0.440. The van der Waals surface area contributed by atoms with Gasteiger partial charge in [0.15, 0.2) is 0 Å². The fourth-order valence-electron chi connectivity index (χ4n) is 2.24. The first-order valence-electron chi connectivity index (χ1n) is 7.55. The highest BCUT2D eigenvalue weighted by Crippen LogP contribution is 2.25. The van der Waals surface area contributed by atoms with Crippen molar-refractivity contribution in [3.8, 4) is 5.75 Å². The quantitative estimate of drug-likeness (QED) is 0.724. The molecule has 0 fully saturated rings. The lowest BCUT2D eigenvalue weighted by Gasteiger charge is -2.14. The van der Waals surface area contributed by atoms with Gasteiger partial charge < -0.3 is 13.9 Å². The van der Waals surface area contributed by atoms with Crippen molar-refractivity contribution in [1.29, 1.82) is 0 Å². The zero-order valence-corrected chi connectivity index (χ0v) is 13.9. The van der Waals surface area contributed by atoms with Gasteiger partial charge in [-0.2, -0.15) is 0 Å². The molecule has 0 bridgehead atoms. The van der Waals surface area contributed by atoms with Crippen molar-refractivity contribution in [2.24, 2.45) is 0 Å². The molecule has 0 aliphatic carbocycles. The maximum absolute atomic E-state index is 12.1. The molecule has 2 aromatic rings. The molecule has 0 N–H and O–H groups in total. The molecule has 0 aliphatic rings. The second-order valence-electron chi connectivity index (χ2n) is 5.14. The van der Waals surface area contributed by atoms with Crippen LogP contribution in [0.3, 0.4) is 0 Å². The van der Waals surface area contributed by atoms with Crippen LogP contribution < -0.4 is 4.74 Å². The predicted octanol–water partition coefficient (Wildman–Crippen LogP) is 2.44. The van der Waals surface area contributed by atoms with Gasteiger partial charge in [-0.25, -0.2) is 4.79 Å². The Morgan fingerprint density at radius 3 is 2.65 bits per heavy atom. The Morgan fingerprint density at radius 2 is 2.04 bits per heavy atom. The summed E-state index contributed by atoms with van der Waals surface area (Å²) in [5.74, 6) is 1.05. The fourth-order valence-corrected chi connectivity index (χ4v) is 2.24. The summed E-state index contributed by atoms with van der Waals surface area (Å²) in [5, 5.41) is 7.68. The van der Waals surface area contributed by atoms with Crippen LogP contribution in [0.5, 0.6) is 5.75 Å². The number of methoxy groups -OCH3 is 1. The average Bonchev–Trinajstić information content (AvgIpc) is 2.92. The number of hydrogen-bond acceptors (Lipinski definition) is 7. The summed E-state index contributed by atoms with van der Waals surface area (Å²) < 4.78 is 15.9. The van der Waals surface area contributed by atoms with Crippen LogP contribution >= 0.6 is 0 Å². The highest BCUT2D eigenvalue weighted by Gasteiger charge is 2.20. The molecule has 0 aromatic carbocycles. The number of aryl methyl sites for hydroxylation is 3. The van der Waals surface area contributed by atoms with E-state index in [0.29, 0.717) is 48.2 Å². The van der Waals surface area contributed by atoms with Crippen molar-refractivity contribution in [2.45, 2.75) is 40.0 Å². The fraction of sp³-hybridized carbons (Fsp3) is 0.500. The summed E-state index contributed by atoms with van der Waals surface area (Å²) >= 11 is 0. The molecular weight excluding hydrogens is 298 g/mol. The lowest BCUT2D eigenvalue weighted by atomic mass is 10.1. The van der Waals surface area contributed by atoms with Gasteiger partial charge in [0.25, 0.3) is 0 Å². The first kappa shape index (κ1) is 16.9. The van der Waals surface area contributed by atoms with Crippen LogP contribution in [0.1, 0.15) is 46.9 Å². The number of carbonyl (C=O) groups excluding carboxylic acids is 1. The molecule has 0 saturated carbocycles. The van der Waals surface area contributed by atoms with Crippen molar-refractivity contribution in [3.63, 3.8) is 0 Å². The Kier molecular flexibility index (Phi) is 5.67. The van der Waals surface area contributed by atoms with Gasteiger partial charge in [0.2, 0.25) is 11.8 Å². The third-order valence-corrected chi connectivity index (χ3v) is 3.20. The molecule has 0 unspecified atom stereocenters. The SMILES string of the molecule is CCCc1nc(C)cc(OCCc2nnc(C)o2)c1C(=O)OC.